The molecule has 1 aliphatic heterocycles. The molecular weight excluding hydrogens is 344 g/mol. The Morgan fingerprint density at radius 1 is 1.32 bits per heavy atom. The minimum Gasteiger partial charge on any atom is -0.444 e. The lowest BCUT2D eigenvalue weighted by Crippen LogP contribution is -2.37. The number of rotatable bonds is 4. The first kappa shape index (κ1) is 15.3. The third kappa shape index (κ3) is 3.42. The Morgan fingerprint density at radius 3 is 2.77 bits per heavy atom. The van der Waals surface area contributed by atoms with E-state index in [9.17, 15) is 4.79 Å². The van der Waals surface area contributed by atoms with Crippen LogP contribution in [0.1, 0.15) is 35.5 Å². The fourth-order valence-corrected chi connectivity index (χ4v) is 3.20. The van der Waals surface area contributed by atoms with Gasteiger partial charge in [0.2, 0.25) is 0 Å². The number of carbonyl (C=O) groups is 1. The molecule has 1 aromatic heterocycles. The van der Waals surface area contributed by atoms with Gasteiger partial charge in [0, 0.05) is 25.2 Å². The molecule has 2 atom stereocenters. The van der Waals surface area contributed by atoms with Gasteiger partial charge in [-0.25, -0.2) is 0 Å². The average Bonchev–Trinajstić information content (AvgIpc) is 3.16. The lowest BCUT2D eigenvalue weighted by Gasteiger charge is -2.24. The topological polar surface area (TPSA) is 45.5 Å². The van der Waals surface area contributed by atoms with Gasteiger partial charge in [0.15, 0.2) is 10.4 Å². The molecule has 0 spiro atoms. The SMILES string of the molecule is C[C@@H](c1ccccc1)N1CC[C@@H](NC(=O)c2ccc(Br)o2)C1. The lowest BCUT2D eigenvalue weighted by atomic mass is 10.1. The van der Waals surface area contributed by atoms with Gasteiger partial charge in [-0.1, -0.05) is 30.3 Å². The zero-order valence-corrected chi connectivity index (χ0v) is 14.0. The molecule has 3 rings (SSSR count). The average molecular weight is 363 g/mol. The van der Waals surface area contributed by atoms with Gasteiger partial charge in [0.1, 0.15) is 0 Å². The number of amides is 1. The minimum absolute atomic E-state index is 0.148. The summed E-state index contributed by atoms with van der Waals surface area (Å²) in [6, 6.07) is 14.4. The third-order valence-corrected chi connectivity index (χ3v) is 4.61. The predicted molar refractivity (Wildman–Crippen MR) is 88.7 cm³/mol. The Labute approximate surface area is 138 Å². The second kappa shape index (κ2) is 6.67. The molecule has 0 aliphatic carbocycles. The second-order valence-electron chi connectivity index (χ2n) is 5.64. The summed E-state index contributed by atoms with van der Waals surface area (Å²) < 4.78 is 5.86. The number of halogens is 1. The van der Waals surface area contributed by atoms with E-state index in [2.05, 4.69) is 57.3 Å². The zero-order chi connectivity index (χ0) is 15.5. The van der Waals surface area contributed by atoms with Crippen LogP contribution in [0.15, 0.2) is 51.6 Å². The summed E-state index contributed by atoms with van der Waals surface area (Å²) in [5.41, 5.74) is 1.31. The van der Waals surface area contributed by atoms with Gasteiger partial charge in [-0.3, -0.25) is 9.69 Å². The van der Waals surface area contributed by atoms with Crippen molar-refractivity contribution in [2.75, 3.05) is 13.1 Å². The fourth-order valence-electron chi connectivity index (χ4n) is 2.89. The van der Waals surface area contributed by atoms with Crippen LogP contribution < -0.4 is 5.32 Å². The number of nitrogens with zero attached hydrogens (tertiary/aromatic N) is 1. The summed E-state index contributed by atoms with van der Waals surface area (Å²) in [4.78, 5) is 14.5. The molecule has 1 aromatic carbocycles. The van der Waals surface area contributed by atoms with E-state index < -0.39 is 0 Å². The number of hydrogen-bond acceptors (Lipinski definition) is 3. The van der Waals surface area contributed by atoms with E-state index in [0.717, 1.165) is 19.5 Å². The molecule has 1 amide bonds. The number of carbonyl (C=O) groups excluding carboxylic acids is 1. The summed E-state index contributed by atoms with van der Waals surface area (Å²) in [7, 11) is 0. The van der Waals surface area contributed by atoms with Crippen LogP contribution in [0, 0.1) is 0 Å². The van der Waals surface area contributed by atoms with Crippen molar-refractivity contribution in [1.29, 1.82) is 0 Å². The number of likely N-dealkylation sites (tertiary alicyclic amines) is 1. The van der Waals surface area contributed by atoms with Crippen molar-refractivity contribution < 1.29 is 9.21 Å². The highest BCUT2D eigenvalue weighted by Gasteiger charge is 2.28. The Hall–Kier alpha value is -1.59. The van der Waals surface area contributed by atoms with E-state index in [1.54, 1.807) is 12.1 Å². The lowest BCUT2D eigenvalue weighted by molar-refractivity contribution is 0.0907. The maximum absolute atomic E-state index is 12.1. The third-order valence-electron chi connectivity index (χ3n) is 4.18. The second-order valence-corrected chi connectivity index (χ2v) is 6.43. The summed E-state index contributed by atoms with van der Waals surface area (Å²) in [5, 5.41) is 3.05. The minimum atomic E-state index is -0.148. The molecule has 4 nitrogen and oxygen atoms in total. The van der Waals surface area contributed by atoms with E-state index >= 15 is 0 Å². The largest absolute Gasteiger partial charge is 0.444 e. The van der Waals surface area contributed by atoms with Crippen LogP contribution in [0.2, 0.25) is 0 Å². The van der Waals surface area contributed by atoms with Gasteiger partial charge < -0.3 is 9.73 Å². The molecule has 2 aromatic rings. The quantitative estimate of drug-likeness (QED) is 0.903. The van der Waals surface area contributed by atoms with Crippen molar-refractivity contribution in [3.8, 4) is 0 Å². The molecule has 116 valence electrons. The molecule has 1 fully saturated rings. The summed E-state index contributed by atoms with van der Waals surface area (Å²) in [5.74, 6) is 0.200. The van der Waals surface area contributed by atoms with Gasteiger partial charge in [-0.2, -0.15) is 0 Å². The predicted octanol–water partition coefficient (Wildman–Crippen LogP) is 3.61. The van der Waals surface area contributed by atoms with Crippen LogP contribution in [-0.2, 0) is 0 Å². The van der Waals surface area contributed by atoms with Crippen molar-refractivity contribution in [3.05, 3.63) is 58.5 Å². The van der Waals surface area contributed by atoms with E-state index in [4.69, 9.17) is 4.42 Å². The number of nitrogens with one attached hydrogen (secondary N) is 1. The van der Waals surface area contributed by atoms with Gasteiger partial charge in [0.25, 0.3) is 5.91 Å². The van der Waals surface area contributed by atoms with Crippen LogP contribution in [0.25, 0.3) is 0 Å². The maximum Gasteiger partial charge on any atom is 0.287 e. The number of benzene rings is 1. The maximum atomic E-state index is 12.1. The molecule has 0 unspecified atom stereocenters. The van der Waals surface area contributed by atoms with Crippen molar-refractivity contribution in [2.24, 2.45) is 0 Å². The van der Waals surface area contributed by atoms with Crippen molar-refractivity contribution in [1.82, 2.24) is 10.2 Å². The number of hydrogen-bond donors (Lipinski definition) is 1. The smallest absolute Gasteiger partial charge is 0.287 e. The summed E-state index contributed by atoms with van der Waals surface area (Å²) >= 11 is 3.21. The van der Waals surface area contributed by atoms with Crippen LogP contribution in [-0.4, -0.2) is 29.9 Å². The Bertz CT molecular complexity index is 641. The van der Waals surface area contributed by atoms with Gasteiger partial charge in [-0.15, -0.1) is 0 Å². The Kier molecular flexibility index (Phi) is 4.64. The van der Waals surface area contributed by atoms with Crippen molar-refractivity contribution >= 4 is 21.8 Å². The highest BCUT2D eigenvalue weighted by molar-refractivity contribution is 9.10. The molecule has 1 aliphatic rings. The van der Waals surface area contributed by atoms with Gasteiger partial charge in [-0.05, 0) is 47.0 Å². The zero-order valence-electron chi connectivity index (χ0n) is 12.5. The molecule has 0 bridgehead atoms. The first-order valence-electron chi connectivity index (χ1n) is 7.48. The Balaban J connectivity index is 1.57. The van der Waals surface area contributed by atoms with Gasteiger partial charge in [0.05, 0.1) is 0 Å². The highest BCUT2D eigenvalue weighted by Crippen LogP contribution is 2.24. The van der Waals surface area contributed by atoms with Crippen molar-refractivity contribution in [2.45, 2.75) is 25.4 Å². The molecule has 22 heavy (non-hydrogen) atoms. The molecule has 1 saturated heterocycles. The van der Waals surface area contributed by atoms with Crippen LogP contribution in [0.4, 0.5) is 0 Å². The first-order chi connectivity index (χ1) is 10.6. The molecule has 1 N–H and O–H groups in total. The van der Waals surface area contributed by atoms with Crippen LogP contribution >= 0.6 is 15.9 Å². The van der Waals surface area contributed by atoms with E-state index in [1.807, 2.05) is 6.07 Å². The van der Waals surface area contributed by atoms with E-state index in [-0.39, 0.29) is 11.9 Å². The monoisotopic (exact) mass is 362 g/mol. The molecule has 2 heterocycles. The van der Waals surface area contributed by atoms with Crippen LogP contribution in [0.5, 0.6) is 0 Å². The highest BCUT2D eigenvalue weighted by atomic mass is 79.9. The summed E-state index contributed by atoms with van der Waals surface area (Å²) in [6.45, 7) is 4.07. The number of furan rings is 1. The first-order valence-corrected chi connectivity index (χ1v) is 8.28. The molecule has 5 heteroatoms. The van der Waals surface area contributed by atoms with E-state index in [1.165, 1.54) is 5.56 Å². The summed E-state index contributed by atoms with van der Waals surface area (Å²) in [6.07, 6.45) is 0.963. The molecule has 0 saturated carbocycles. The Morgan fingerprint density at radius 2 is 2.09 bits per heavy atom. The van der Waals surface area contributed by atoms with Gasteiger partial charge >= 0.3 is 0 Å². The normalized spacial score (nSPS) is 20.0. The van der Waals surface area contributed by atoms with Crippen LogP contribution in [0.3, 0.4) is 0 Å². The van der Waals surface area contributed by atoms with E-state index in [0.29, 0.717) is 16.5 Å². The fraction of sp³-hybridized carbons (Fsp3) is 0.353. The van der Waals surface area contributed by atoms with Crippen molar-refractivity contribution in [3.63, 3.8) is 0 Å². The molecule has 0 radical (unpaired) electrons. The molecular formula is C17H19BrN2O2. The standard InChI is InChI=1S/C17H19BrN2O2/c1-12(13-5-3-2-4-6-13)20-10-9-14(11-20)19-17(21)15-7-8-16(18)22-15/h2-8,12,14H,9-11H2,1H3,(H,19,21)/t12-,14+/m0/s1.